The van der Waals surface area contributed by atoms with Crippen LogP contribution in [0.15, 0.2) is 0 Å². The minimum absolute atomic E-state index is 0.184. The number of H-pyrrole nitrogens is 1. The highest BCUT2D eigenvalue weighted by Crippen LogP contribution is 2.45. The molecule has 0 spiro atoms. The van der Waals surface area contributed by atoms with Crippen LogP contribution < -0.4 is 0 Å². The molecule has 1 aromatic heterocycles. The number of nitrogens with one attached hydrogen (secondary N) is 1. The molecule has 3 nitrogen and oxygen atoms in total. The lowest BCUT2D eigenvalue weighted by Crippen LogP contribution is -2.14. The molecule has 1 saturated carbocycles. The first-order valence-corrected chi connectivity index (χ1v) is 6.33. The number of rotatable bonds is 2. The molecule has 2 fully saturated rings. The van der Waals surface area contributed by atoms with Gasteiger partial charge in [-0.05, 0) is 38.4 Å². The van der Waals surface area contributed by atoms with E-state index in [2.05, 4.69) is 22.1 Å². The van der Waals surface area contributed by atoms with Gasteiger partial charge < -0.3 is 0 Å². The van der Waals surface area contributed by atoms with Gasteiger partial charge in [-0.15, -0.1) is 11.8 Å². The summed E-state index contributed by atoms with van der Waals surface area (Å²) in [6.45, 7) is 2.27. The van der Waals surface area contributed by atoms with Gasteiger partial charge in [0, 0.05) is 5.92 Å². The van der Waals surface area contributed by atoms with Crippen molar-refractivity contribution in [3.8, 4) is 0 Å². The molecule has 0 bridgehead atoms. The van der Waals surface area contributed by atoms with E-state index in [-0.39, 0.29) is 4.75 Å². The third kappa shape index (κ3) is 1.36. The Balaban J connectivity index is 1.87. The van der Waals surface area contributed by atoms with Crippen LogP contribution in [0.4, 0.5) is 0 Å². The fourth-order valence-corrected chi connectivity index (χ4v) is 3.25. The van der Waals surface area contributed by atoms with Crippen LogP contribution in [-0.4, -0.2) is 20.9 Å². The first kappa shape index (κ1) is 8.77. The van der Waals surface area contributed by atoms with E-state index in [4.69, 9.17) is 0 Å². The SMILES string of the molecule is CC1(c2n[nH]c(C3CC3)n2)CCCS1. The Bertz CT molecular complexity index is 337. The lowest BCUT2D eigenvalue weighted by Gasteiger charge is -2.17. The maximum absolute atomic E-state index is 4.64. The van der Waals surface area contributed by atoms with Gasteiger partial charge in [-0.1, -0.05) is 0 Å². The van der Waals surface area contributed by atoms with Crippen molar-refractivity contribution in [2.45, 2.75) is 43.3 Å². The largest absolute Gasteiger partial charge is 0.263 e. The number of aromatic amines is 1. The molecule has 1 aromatic rings. The van der Waals surface area contributed by atoms with Gasteiger partial charge in [0.2, 0.25) is 0 Å². The quantitative estimate of drug-likeness (QED) is 0.813. The molecule has 4 heteroatoms. The van der Waals surface area contributed by atoms with Gasteiger partial charge in [0.1, 0.15) is 5.82 Å². The number of hydrogen-bond donors (Lipinski definition) is 1. The van der Waals surface area contributed by atoms with Crippen LogP contribution >= 0.6 is 11.8 Å². The number of aromatic nitrogens is 3. The lowest BCUT2D eigenvalue weighted by molar-refractivity contribution is 0.607. The fourth-order valence-electron chi connectivity index (χ4n) is 2.01. The Hall–Kier alpha value is -0.510. The minimum Gasteiger partial charge on any atom is -0.263 e. The van der Waals surface area contributed by atoms with E-state index in [1.54, 1.807) is 0 Å². The van der Waals surface area contributed by atoms with Crippen LogP contribution in [-0.2, 0) is 4.75 Å². The van der Waals surface area contributed by atoms with Gasteiger partial charge in [0.15, 0.2) is 5.82 Å². The zero-order valence-electron chi connectivity index (χ0n) is 8.42. The van der Waals surface area contributed by atoms with E-state index < -0.39 is 0 Å². The van der Waals surface area contributed by atoms with E-state index in [0.717, 1.165) is 11.6 Å². The average molecular weight is 209 g/mol. The molecule has 0 amide bonds. The van der Waals surface area contributed by atoms with Crippen molar-refractivity contribution in [3.05, 3.63) is 11.6 Å². The van der Waals surface area contributed by atoms with Crippen LogP contribution in [0.25, 0.3) is 0 Å². The van der Waals surface area contributed by atoms with E-state index in [9.17, 15) is 0 Å². The molecule has 1 N–H and O–H groups in total. The smallest absolute Gasteiger partial charge is 0.166 e. The number of hydrogen-bond acceptors (Lipinski definition) is 3. The van der Waals surface area contributed by atoms with Crippen LogP contribution in [0.2, 0.25) is 0 Å². The van der Waals surface area contributed by atoms with Crippen molar-refractivity contribution in [1.82, 2.24) is 15.2 Å². The van der Waals surface area contributed by atoms with Crippen LogP contribution in [0.5, 0.6) is 0 Å². The highest BCUT2D eigenvalue weighted by molar-refractivity contribution is 8.00. The third-order valence-electron chi connectivity index (χ3n) is 3.16. The minimum atomic E-state index is 0.184. The standard InChI is InChI=1S/C10H15N3S/c1-10(5-2-6-14-10)9-11-8(12-13-9)7-3-4-7/h7H,2-6H2,1H3,(H,11,12,13). The molecule has 2 heterocycles. The molecule has 76 valence electrons. The van der Waals surface area contributed by atoms with E-state index in [0.29, 0.717) is 5.92 Å². The normalized spacial score (nSPS) is 32.4. The van der Waals surface area contributed by atoms with Crippen molar-refractivity contribution in [2.75, 3.05) is 5.75 Å². The Kier molecular flexibility index (Phi) is 1.87. The summed E-state index contributed by atoms with van der Waals surface area (Å²) in [6, 6.07) is 0. The molecule has 1 aliphatic heterocycles. The zero-order chi connectivity index (χ0) is 9.60. The number of nitrogens with zero attached hydrogens (tertiary/aromatic N) is 2. The maximum Gasteiger partial charge on any atom is 0.166 e. The van der Waals surface area contributed by atoms with Crippen LogP contribution in [0.3, 0.4) is 0 Å². The molecule has 1 saturated heterocycles. The van der Waals surface area contributed by atoms with Crippen molar-refractivity contribution in [3.63, 3.8) is 0 Å². The van der Waals surface area contributed by atoms with Crippen molar-refractivity contribution in [2.24, 2.45) is 0 Å². The first-order valence-electron chi connectivity index (χ1n) is 5.35. The second-order valence-electron chi connectivity index (χ2n) is 4.50. The molecule has 1 unspecified atom stereocenters. The summed E-state index contributed by atoms with van der Waals surface area (Å²) in [5, 5.41) is 7.47. The molecule has 0 aromatic carbocycles. The van der Waals surface area contributed by atoms with E-state index >= 15 is 0 Å². The predicted octanol–water partition coefficient (Wildman–Crippen LogP) is 2.42. The highest BCUT2D eigenvalue weighted by atomic mass is 32.2. The first-order chi connectivity index (χ1) is 6.78. The Morgan fingerprint density at radius 2 is 2.36 bits per heavy atom. The van der Waals surface area contributed by atoms with Gasteiger partial charge >= 0.3 is 0 Å². The summed E-state index contributed by atoms with van der Waals surface area (Å²) >= 11 is 2.00. The van der Waals surface area contributed by atoms with Gasteiger partial charge in [0.05, 0.1) is 4.75 Å². The van der Waals surface area contributed by atoms with Gasteiger partial charge in [-0.3, -0.25) is 5.10 Å². The molecule has 14 heavy (non-hydrogen) atoms. The zero-order valence-corrected chi connectivity index (χ0v) is 9.23. The lowest BCUT2D eigenvalue weighted by atomic mass is 10.1. The summed E-state index contributed by atoms with van der Waals surface area (Å²) < 4.78 is 0.184. The van der Waals surface area contributed by atoms with Crippen molar-refractivity contribution < 1.29 is 0 Å². The van der Waals surface area contributed by atoms with Gasteiger partial charge in [-0.25, -0.2) is 4.98 Å². The predicted molar refractivity (Wildman–Crippen MR) is 57.4 cm³/mol. The van der Waals surface area contributed by atoms with Gasteiger partial charge in [0.25, 0.3) is 0 Å². The maximum atomic E-state index is 4.64. The van der Waals surface area contributed by atoms with E-state index in [1.165, 1.54) is 31.4 Å². The van der Waals surface area contributed by atoms with Gasteiger partial charge in [-0.2, -0.15) is 5.10 Å². The van der Waals surface area contributed by atoms with E-state index in [1.807, 2.05) is 11.8 Å². The molecule has 2 aliphatic rings. The summed E-state index contributed by atoms with van der Waals surface area (Å²) in [4.78, 5) is 4.64. The molecular formula is C10H15N3S. The molecular weight excluding hydrogens is 194 g/mol. The Labute approximate surface area is 88.1 Å². The Morgan fingerprint density at radius 3 is 3.00 bits per heavy atom. The summed E-state index contributed by atoms with van der Waals surface area (Å²) in [5.41, 5.74) is 0. The average Bonchev–Trinajstić information content (AvgIpc) is 2.75. The summed E-state index contributed by atoms with van der Waals surface area (Å²) in [5.74, 6) is 4.09. The van der Waals surface area contributed by atoms with Crippen molar-refractivity contribution in [1.29, 1.82) is 0 Å². The second kappa shape index (κ2) is 2.99. The molecule has 0 radical (unpaired) electrons. The number of thioether (sulfide) groups is 1. The highest BCUT2D eigenvalue weighted by Gasteiger charge is 2.36. The van der Waals surface area contributed by atoms with Crippen LogP contribution in [0.1, 0.15) is 50.2 Å². The molecule has 1 aliphatic carbocycles. The topological polar surface area (TPSA) is 41.6 Å². The fraction of sp³-hybridized carbons (Fsp3) is 0.800. The monoisotopic (exact) mass is 209 g/mol. The van der Waals surface area contributed by atoms with Crippen LogP contribution in [0, 0.1) is 0 Å². The summed E-state index contributed by atoms with van der Waals surface area (Å²) in [6.07, 6.45) is 5.10. The molecule has 3 rings (SSSR count). The molecule has 1 atom stereocenters. The second-order valence-corrected chi connectivity index (χ2v) is 6.10. The summed E-state index contributed by atoms with van der Waals surface area (Å²) in [7, 11) is 0. The van der Waals surface area contributed by atoms with Crippen molar-refractivity contribution >= 4 is 11.8 Å². The Morgan fingerprint density at radius 1 is 1.50 bits per heavy atom. The third-order valence-corrected chi connectivity index (χ3v) is 4.68.